The SMILES string of the molecule is CC(C)NC(C)CCC(N)=O.CCC(=O)OCc1ccc(NC(=O)CNC(=O)C(NC(=O)CNC=O)C(C)C)cc1.CCC(N)=O.CCCNC(N)=O. The van der Waals surface area contributed by atoms with Gasteiger partial charge in [-0.2, -0.15) is 0 Å². The number of hydrogen-bond donors (Lipinski definition) is 9. The lowest BCUT2D eigenvalue weighted by Crippen LogP contribution is -2.52. The normalized spacial score (nSPS) is 10.9. The minimum atomic E-state index is -0.844. The maximum atomic E-state index is 12.3. The van der Waals surface area contributed by atoms with Crippen molar-refractivity contribution in [1.29, 1.82) is 0 Å². The van der Waals surface area contributed by atoms with Gasteiger partial charge in [0.05, 0.1) is 13.1 Å². The molecule has 0 saturated heterocycles. The summed E-state index contributed by atoms with van der Waals surface area (Å²) >= 11 is 0. The molecule has 1 aromatic rings. The molecule has 0 aliphatic heterocycles. The molecule has 0 aromatic heterocycles. The molecule has 12 N–H and O–H groups in total. The van der Waals surface area contributed by atoms with Crippen LogP contribution in [-0.4, -0.2) is 85.7 Å². The van der Waals surface area contributed by atoms with E-state index in [0.29, 0.717) is 50.0 Å². The molecule has 0 bridgehead atoms. The van der Waals surface area contributed by atoms with Gasteiger partial charge in [-0.3, -0.25) is 33.6 Å². The van der Waals surface area contributed by atoms with Crippen LogP contribution in [0.3, 0.4) is 0 Å². The summed E-state index contributed by atoms with van der Waals surface area (Å²) in [6.45, 7) is 15.4. The number of nitrogens with one attached hydrogen (secondary N) is 6. The fourth-order valence-corrected chi connectivity index (χ4v) is 3.59. The summed E-state index contributed by atoms with van der Waals surface area (Å²) in [6.07, 6.45) is 3.37. The highest BCUT2D eigenvalue weighted by Crippen LogP contribution is 2.11. The van der Waals surface area contributed by atoms with Crippen molar-refractivity contribution in [3.8, 4) is 0 Å². The maximum Gasteiger partial charge on any atom is 0.312 e. The van der Waals surface area contributed by atoms with E-state index in [1.807, 2.05) is 6.92 Å². The number of nitrogens with two attached hydrogens (primary N) is 3. The van der Waals surface area contributed by atoms with Crippen LogP contribution in [0, 0.1) is 5.92 Å². The first-order valence-corrected chi connectivity index (χ1v) is 17.5. The van der Waals surface area contributed by atoms with Gasteiger partial charge in [-0.25, -0.2) is 4.79 Å². The van der Waals surface area contributed by atoms with Crippen LogP contribution in [0.15, 0.2) is 24.3 Å². The van der Waals surface area contributed by atoms with Crippen molar-refractivity contribution in [3.63, 3.8) is 0 Å². The average molecular weight is 754 g/mol. The molecule has 0 spiro atoms. The minimum absolute atomic E-state index is 0.154. The highest BCUT2D eigenvalue weighted by atomic mass is 16.5. The number of amides is 8. The van der Waals surface area contributed by atoms with E-state index >= 15 is 0 Å². The van der Waals surface area contributed by atoms with Gasteiger partial charge in [-0.1, -0.05) is 60.6 Å². The summed E-state index contributed by atoms with van der Waals surface area (Å²) in [4.78, 5) is 87.4. The average Bonchev–Trinajstić information content (AvgIpc) is 3.10. The van der Waals surface area contributed by atoms with Gasteiger partial charge in [0.2, 0.25) is 35.9 Å². The van der Waals surface area contributed by atoms with Crippen LogP contribution < -0.4 is 49.1 Å². The number of urea groups is 1. The highest BCUT2D eigenvalue weighted by Gasteiger charge is 2.24. The summed E-state index contributed by atoms with van der Waals surface area (Å²) in [7, 11) is 0. The van der Waals surface area contributed by atoms with Crippen molar-refractivity contribution in [3.05, 3.63) is 29.8 Å². The Morgan fingerprint density at radius 3 is 1.79 bits per heavy atom. The molecule has 0 saturated carbocycles. The van der Waals surface area contributed by atoms with E-state index in [-0.39, 0.29) is 43.4 Å². The first-order valence-electron chi connectivity index (χ1n) is 17.5. The van der Waals surface area contributed by atoms with E-state index in [1.54, 1.807) is 52.0 Å². The van der Waals surface area contributed by atoms with Gasteiger partial charge < -0.3 is 53.8 Å². The molecule has 0 aliphatic carbocycles. The molecule has 1 rings (SSSR count). The molecule has 53 heavy (non-hydrogen) atoms. The Kier molecular flexibility index (Phi) is 32.1. The highest BCUT2D eigenvalue weighted by molar-refractivity contribution is 5.96. The van der Waals surface area contributed by atoms with Gasteiger partial charge in [0.15, 0.2) is 0 Å². The Bertz CT molecular complexity index is 1240. The number of esters is 1. The molecule has 0 fully saturated rings. The van der Waals surface area contributed by atoms with Crippen molar-refractivity contribution in [2.24, 2.45) is 23.1 Å². The molecular weight excluding hydrogens is 690 g/mol. The largest absolute Gasteiger partial charge is 0.461 e. The predicted molar refractivity (Wildman–Crippen MR) is 203 cm³/mol. The number of carbonyl (C=O) groups is 8. The van der Waals surface area contributed by atoms with E-state index in [9.17, 15) is 38.4 Å². The molecule has 18 heteroatoms. The summed E-state index contributed by atoms with van der Waals surface area (Å²) in [5.74, 6) is -2.43. The van der Waals surface area contributed by atoms with Crippen LogP contribution in [0.2, 0.25) is 0 Å². The zero-order valence-corrected chi connectivity index (χ0v) is 32.5. The quantitative estimate of drug-likeness (QED) is 0.0662. The summed E-state index contributed by atoms with van der Waals surface area (Å²) in [6, 6.07) is 6.31. The monoisotopic (exact) mass is 753 g/mol. The first kappa shape index (κ1) is 52.1. The number of rotatable bonds is 20. The van der Waals surface area contributed by atoms with Gasteiger partial charge >= 0.3 is 12.0 Å². The van der Waals surface area contributed by atoms with Crippen molar-refractivity contribution < 1.29 is 43.1 Å². The zero-order chi connectivity index (χ0) is 41.4. The molecular formula is C35H63N9O9. The van der Waals surface area contributed by atoms with Crippen LogP contribution in [0.25, 0.3) is 0 Å². The van der Waals surface area contributed by atoms with Crippen molar-refractivity contribution in [1.82, 2.24) is 26.6 Å². The molecule has 302 valence electrons. The second-order valence-electron chi connectivity index (χ2n) is 12.1. The van der Waals surface area contributed by atoms with Gasteiger partial charge in [0.1, 0.15) is 12.6 Å². The third-order valence-electron chi connectivity index (χ3n) is 6.30. The van der Waals surface area contributed by atoms with Gasteiger partial charge in [-0.15, -0.1) is 0 Å². The fraction of sp³-hybridized carbons (Fsp3) is 0.600. The third kappa shape index (κ3) is 34.9. The van der Waals surface area contributed by atoms with Crippen LogP contribution in [0.1, 0.15) is 93.1 Å². The maximum absolute atomic E-state index is 12.3. The fourth-order valence-electron chi connectivity index (χ4n) is 3.59. The Balaban J connectivity index is -0.000000878. The lowest BCUT2D eigenvalue weighted by molar-refractivity contribution is -0.144. The standard InChI is InChI=1S/C20H28N4O6.C8H18N2O.C4H10N2O.C3H7NO/c1-4-18(28)30-11-14-5-7-15(8-6-14)23-17(27)10-22-20(29)19(13(2)3)24-16(26)9-21-12-25;1-6(2)10-7(3)4-5-8(9)11;1-2-3-6-4(5)7;1-2-3(4)5/h5-8,12-13,19H,4,9-11H2,1-3H3,(H,21,25)(H,22,29)(H,23,27)(H,24,26);6-7,10H,4-5H2,1-3H3,(H2,9,11);2-3H2,1H3,(H3,5,6,7);2H2,1H3,(H2,4,5). The van der Waals surface area contributed by atoms with E-state index in [1.165, 1.54) is 0 Å². The number of primary amides is 3. The van der Waals surface area contributed by atoms with E-state index in [2.05, 4.69) is 58.4 Å². The Labute approximate surface area is 313 Å². The number of anilines is 1. The first-order chi connectivity index (χ1) is 24.8. The number of hydrogen-bond acceptors (Lipinski definition) is 10. The van der Waals surface area contributed by atoms with E-state index in [0.717, 1.165) is 18.4 Å². The topological polar surface area (TPSA) is 296 Å². The van der Waals surface area contributed by atoms with Crippen LogP contribution in [0.4, 0.5) is 10.5 Å². The molecule has 0 heterocycles. The molecule has 0 radical (unpaired) electrons. The molecule has 2 atom stereocenters. The van der Waals surface area contributed by atoms with E-state index in [4.69, 9.17) is 16.2 Å². The molecule has 8 amide bonds. The van der Waals surface area contributed by atoms with Crippen LogP contribution in [0.5, 0.6) is 0 Å². The van der Waals surface area contributed by atoms with Crippen LogP contribution >= 0.6 is 0 Å². The summed E-state index contributed by atoms with van der Waals surface area (Å²) < 4.78 is 5.03. The van der Waals surface area contributed by atoms with Gasteiger partial charge in [0.25, 0.3) is 0 Å². The second-order valence-corrected chi connectivity index (χ2v) is 12.1. The Morgan fingerprint density at radius 1 is 0.792 bits per heavy atom. The third-order valence-corrected chi connectivity index (χ3v) is 6.30. The Hall–Kier alpha value is -5.26. The van der Waals surface area contributed by atoms with Crippen molar-refractivity contribution in [2.45, 2.75) is 112 Å². The summed E-state index contributed by atoms with van der Waals surface area (Å²) in [5.41, 5.74) is 15.7. The number of benzene rings is 1. The number of carbonyl (C=O) groups excluding carboxylic acids is 8. The zero-order valence-electron chi connectivity index (χ0n) is 32.5. The lowest BCUT2D eigenvalue weighted by Gasteiger charge is -2.21. The Morgan fingerprint density at radius 2 is 1.38 bits per heavy atom. The molecule has 1 aromatic carbocycles. The minimum Gasteiger partial charge on any atom is -0.461 e. The lowest BCUT2D eigenvalue weighted by atomic mass is 10.0. The predicted octanol–water partition coefficient (Wildman–Crippen LogP) is 0.666. The number of ether oxygens (including phenoxy) is 1. The second kappa shape index (κ2) is 32.6. The van der Waals surface area contributed by atoms with Gasteiger partial charge in [0, 0.05) is 43.6 Å². The van der Waals surface area contributed by atoms with Crippen LogP contribution in [-0.2, 0) is 44.9 Å². The van der Waals surface area contributed by atoms with Crippen molar-refractivity contribution >= 4 is 53.6 Å². The molecule has 0 aliphatic rings. The molecule has 2 unspecified atom stereocenters. The summed E-state index contributed by atoms with van der Waals surface area (Å²) in [5, 5.41) is 15.6. The molecule has 18 nitrogen and oxygen atoms in total. The van der Waals surface area contributed by atoms with Gasteiger partial charge in [-0.05, 0) is 43.4 Å². The smallest absolute Gasteiger partial charge is 0.312 e. The van der Waals surface area contributed by atoms with Crippen molar-refractivity contribution in [2.75, 3.05) is 25.0 Å². The van der Waals surface area contributed by atoms with E-state index < -0.39 is 29.8 Å².